The molecule has 6 nitrogen and oxygen atoms in total. The van der Waals surface area contributed by atoms with Crippen LogP contribution in [0, 0.1) is 0 Å². The first-order chi connectivity index (χ1) is 13.9. The van der Waals surface area contributed by atoms with Crippen LogP contribution in [-0.4, -0.2) is 49.9 Å². The molecule has 2 aromatic carbocycles. The van der Waals surface area contributed by atoms with Crippen molar-refractivity contribution in [3.63, 3.8) is 0 Å². The lowest BCUT2D eigenvalue weighted by atomic mass is 10.0. The number of hydrogen-bond acceptors (Lipinski definition) is 5. The number of carbonyl (C=O) groups is 1. The second-order valence-corrected chi connectivity index (χ2v) is 9.80. The molecule has 1 amide bonds. The maximum Gasteiger partial charge on any atom is 0.242 e. The van der Waals surface area contributed by atoms with Crippen molar-refractivity contribution in [1.82, 2.24) is 10.2 Å². The largest absolute Gasteiger partial charge is 0.491 e. The fourth-order valence-electron chi connectivity index (χ4n) is 3.45. The molecule has 1 atom stereocenters. The van der Waals surface area contributed by atoms with E-state index in [9.17, 15) is 13.2 Å². The molecular weight excluding hydrogens is 388 g/mol. The molecule has 29 heavy (non-hydrogen) atoms. The Hall–Kier alpha value is -2.38. The summed E-state index contributed by atoms with van der Waals surface area (Å²) in [6.07, 6.45) is 0.0409. The van der Waals surface area contributed by atoms with E-state index in [1.165, 1.54) is 0 Å². The van der Waals surface area contributed by atoms with Crippen molar-refractivity contribution in [1.29, 1.82) is 0 Å². The summed E-state index contributed by atoms with van der Waals surface area (Å²) in [5.41, 5.74) is 1.76. The van der Waals surface area contributed by atoms with E-state index in [0.29, 0.717) is 19.6 Å². The van der Waals surface area contributed by atoms with Gasteiger partial charge in [-0.2, -0.15) is 0 Å². The zero-order chi connectivity index (χ0) is 20.9. The Morgan fingerprint density at radius 1 is 1.03 bits per heavy atom. The van der Waals surface area contributed by atoms with Crippen molar-refractivity contribution in [3.8, 4) is 5.75 Å². The lowest BCUT2D eigenvalue weighted by Gasteiger charge is -2.33. The van der Waals surface area contributed by atoms with Gasteiger partial charge in [0.1, 0.15) is 11.8 Å². The summed E-state index contributed by atoms with van der Waals surface area (Å²) in [5.74, 6) is 0.765. The molecule has 0 spiro atoms. The van der Waals surface area contributed by atoms with Crippen molar-refractivity contribution in [2.75, 3.05) is 24.6 Å². The summed E-state index contributed by atoms with van der Waals surface area (Å²) in [6.45, 7) is 4.97. The summed E-state index contributed by atoms with van der Waals surface area (Å²) in [5, 5.41) is 3.02. The molecule has 1 aliphatic rings. The monoisotopic (exact) mass is 416 g/mol. The Labute approximate surface area is 172 Å². The molecule has 1 heterocycles. The Morgan fingerprint density at radius 3 is 2.31 bits per heavy atom. The van der Waals surface area contributed by atoms with Crippen molar-refractivity contribution >= 4 is 15.7 Å². The predicted octanol–water partition coefficient (Wildman–Crippen LogP) is 2.56. The molecule has 0 aromatic heterocycles. The Bertz CT molecular complexity index is 915. The first-order valence-electron chi connectivity index (χ1n) is 9.87. The van der Waals surface area contributed by atoms with Gasteiger partial charge < -0.3 is 10.1 Å². The molecule has 1 unspecified atom stereocenters. The van der Waals surface area contributed by atoms with E-state index < -0.39 is 15.9 Å². The lowest BCUT2D eigenvalue weighted by Crippen LogP contribution is -2.47. The first-order valence-corrected chi connectivity index (χ1v) is 11.7. The number of nitrogens with zero attached hydrogens (tertiary/aromatic N) is 1. The van der Waals surface area contributed by atoms with Crippen molar-refractivity contribution in [3.05, 3.63) is 65.7 Å². The van der Waals surface area contributed by atoms with Gasteiger partial charge in [-0.25, -0.2) is 8.42 Å². The summed E-state index contributed by atoms with van der Waals surface area (Å²) < 4.78 is 29.5. The van der Waals surface area contributed by atoms with Crippen LogP contribution in [0.5, 0.6) is 5.75 Å². The molecule has 1 saturated heterocycles. The van der Waals surface area contributed by atoms with Crippen LogP contribution in [0.4, 0.5) is 0 Å². The van der Waals surface area contributed by atoms with Gasteiger partial charge in [-0.15, -0.1) is 0 Å². The van der Waals surface area contributed by atoms with E-state index in [0.717, 1.165) is 16.9 Å². The summed E-state index contributed by atoms with van der Waals surface area (Å²) >= 11 is 0. The maximum atomic E-state index is 13.2. The van der Waals surface area contributed by atoms with Gasteiger partial charge in [-0.05, 0) is 25.5 Å². The van der Waals surface area contributed by atoms with E-state index in [4.69, 9.17) is 4.74 Å². The van der Waals surface area contributed by atoms with E-state index in [1.54, 1.807) is 0 Å². The Kier molecular flexibility index (Phi) is 6.92. The van der Waals surface area contributed by atoms with Gasteiger partial charge in [0.25, 0.3) is 0 Å². The Morgan fingerprint density at radius 2 is 1.66 bits per heavy atom. The van der Waals surface area contributed by atoms with Crippen LogP contribution in [-0.2, 0) is 21.2 Å². The zero-order valence-corrected chi connectivity index (χ0v) is 17.7. The van der Waals surface area contributed by atoms with Gasteiger partial charge in [0.2, 0.25) is 5.91 Å². The highest BCUT2D eigenvalue weighted by molar-refractivity contribution is 7.91. The SMILES string of the molecule is CC(C)Oc1ccccc1CNC(=O)C(c1ccccc1)N1CCS(=O)(=O)CC1. The van der Waals surface area contributed by atoms with Crippen molar-refractivity contribution in [2.45, 2.75) is 32.5 Å². The Balaban J connectivity index is 1.76. The third-order valence-electron chi connectivity index (χ3n) is 4.90. The molecular formula is C22H28N2O4S. The van der Waals surface area contributed by atoms with Crippen LogP contribution >= 0.6 is 0 Å². The minimum absolute atomic E-state index is 0.0409. The number of nitrogens with one attached hydrogen (secondary N) is 1. The summed E-state index contributed by atoms with van der Waals surface area (Å²) in [4.78, 5) is 15.1. The minimum atomic E-state index is -3.02. The number of sulfone groups is 1. The minimum Gasteiger partial charge on any atom is -0.491 e. The smallest absolute Gasteiger partial charge is 0.242 e. The van der Waals surface area contributed by atoms with Crippen LogP contribution in [0.1, 0.15) is 31.0 Å². The van der Waals surface area contributed by atoms with Crippen LogP contribution < -0.4 is 10.1 Å². The fraction of sp³-hybridized carbons (Fsp3) is 0.409. The van der Waals surface area contributed by atoms with E-state index >= 15 is 0 Å². The van der Waals surface area contributed by atoms with Crippen LogP contribution in [0.2, 0.25) is 0 Å². The van der Waals surface area contributed by atoms with Gasteiger partial charge >= 0.3 is 0 Å². The number of hydrogen-bond donors (Lipinski definition) is 1. The standard InChI is InChI=1S/C22H28N2O4S/c1-17(2)28-20-11-7-6-10-19(20)16-23-22(25)21(18-8-4-3-5-9-18)24-12-14-29(26,27)15-13-24/h3-11,17,21H,12-16H2,1-2H3,(H,23,25). The van der Waals surface area contributed by atoms with Gasteiger partial charge in [-0.1, -0.05) is 48.5 Å². The quantitative estimate of drug-likeness (QED) is 0.751. The number of ether oxygens (including phenoxy) is 1. The fourth-order valence-corrected chi connectivity index (χ4v) is 4.68. The van der Waals surface area contributed by atoms with Crippen molar-refractivity contribution < 1.29 is 17.9 Å². The first kappa shape index (κ1) is 21.3. The van der Waals surface area contributed by atoms with Crippen LogP contribution in [0.3, 0.4) is 0 Å². The number of amides is 1. The molecule has 0 aliphatic carbocycles. The van der Waals surface area contributed by atoms with Gasteiger partial charge in [0, 0.05) is 25.2 Å². The molecule has 1 aliphatic heterocycles. The third kappa shape index (κ3) is 5.81. The van der Waals surface area contributed by atoms with Gasteiger partial charge in [0.15, 0.2) is 9.84 Å². The second-order valence-electron chi connectivity index (χ2n) is 7.49. The molecule has 7 heteroatoms. The topological polar surface area (TPSA) is 75.7 Å². The average molecular weight is 417 g/mol. The number of benzene rings is 2. The summed E-state index contributed by atoms with van der Waals surface area (Å²) in [7, 11) is -3.02. The zero-order valence-electron chi connectivity index (χ0n) is 16.9. The number of carbonyl (C=O) groups excluding carboxylic acids is 1. The summed E-state index contributed by atoms with van der Waals surface area (Å²) in [6, 6.07) is 16.6. The number of rotatable bonds is 7. The molecule has 3 rings (SSSR count). The predicted molar refractivity (Wildman–Crippen MR) is 113 cm³/mol. The molecule has 0 bridgehead atoms. The lowest BCUT2D eigenvalue weighted by molar-refractivity contribution is -0.126. The van der Waals surface area contributed by atoms with E-state index in [2.05, 4.69) is 5.32 Å². The van der Waals surface area contributed by atoms with E-state index in [-0.39, 0.29) is 23.5 Å². The maximum absolute atomic E-state index is 13.2. The molecule has 156 valence electrons. The van der Waals surface area contributed by atoms with E-state index in [1.807, 2.05) is 73.3 Å². The molecule has 1 fully saturated rings. The normalized spacial score (nSPS) is 17.6. The highest BCUT2D eigenvalue weighted by atomic mass is 32.2. The second kappa shape index (κ2) is 9.41. The third-order valence-corrected chi connectivity index (χ3v) is 6.51. The van der Waals surface area contributed by atoms with Crippen molar-refractivity contribution in [2.24, 2.45) is 0 Å². The highest BCUT2D eigenvalue weighted by Gasteiger charge is 2.32. The van der Waals surface area contributed by atoms with Gasteiger partial charge in [-0.3, -0.25) is 9.69 Å². The van der Waals surface area contributed by atoms with Crippen LogP contribution in [0.15, 0.2) is 54.6 Å². The highest BCUT2D eigenvalue weighted by Crippen LogP contribution is 2.24. The number of para-hydroxylation sites is 1. The molecule has 0 saturated carbocycles. The molecule has 2 aromatic rings. The average Bonchev–Trinajstić information content (AvgIpc) is 2.69. The van der Waals surface area contributed by atoms with Crippen LogP contribution in [0.25, 0.3) is 0 Å². The van der Waals surface area contributed by atoms with Gasteiger partial charge in [0.05, 0.1) is 17.6 Å². The molecule has 0 radical (unpaired) electrons. The molecule has 1 N–H and O–H groups in total.